The monoisotopic (exact) mass is 221 g/mol. The van der Waals surface area contributed by atoms with Crippen molar-refractivity contribution in [1.29, 1.82) is 0 Å². The minimum absolute atomic E-state index is 1.25. The van der Waals surface area contributed by atoms with Crippen LogP contribution in [0.25, 0.3) is 0 Å². The van der Waals surface area contributed by atoms with Gasteiger partial charge in [0.25, 0.3) is 0 Å². The molecule has 0 aromatic heterocycles. The summed E-state index contributed by atoms with van der Waals surface area (Å²) in [6.07, 6.45) is 7.01. The molecule has 1 aromatic rings. The SMILES string of the molecule is CCCCCCC.CN(C)c1ccccc1. The van der Waals surface area contributed by atoms with Crippen LogP contribution in [0.4, 0.5) is 5.69 Å². The molecule has 0 aliphatic heterocycles. The van der Waals surface area contributed by atoms with Crippen LogP contribution in [0.5, 0.6) is 0 Å². The van der Waals surface area contributed by atoms with E-state index in [0.717, 1.165) is 0 Å². The van der Waals surface area contributed by atoms with Gasteiger partial charge in [0.05, 0.1) is 0 Å². The van der Waals surface area contributed by atoms with Crippen LogP contribution in [0.15, 0.2) is 30.3 Å². The smallest absolute Gasteiger partial charge is 0.0360 e. The summed E-state index contributed by atoms with van der Waals surface area (Å²) >= 11 is 0. The first-order valence-electron chi connectivity index (χ1n) is 6.44. The van der Waals surface area contributed by atoms with Crippen molar-refractivity contribution < 1.29 is 0 Å². The summed E-state index contributed by atoms with van der Waals surface area (Å²) in [5, 5.41) is 0. The molecule has 0 saturated carbocycles. The Morgan fingerprint density at radius 1 is 0.812 bits per heavy atom. The quantitative estimate of drug-likeness (QED) is 0.650. The third-order valence-corrected chi connectivity index (χ3v) is 2.48. The van der Waals surface area contributed by atoms with Gasteiger partial charge in [0, 0.05) is 19.8 Å². The third kappa shape index (κ3) is 8.34. The highest BCUT2D eigenvalue weighted by Crippen LogP contribution is 2.07. The number of anilines is 1. The highest BCUT2D eigenvalue weighted by Gasteiger charge is 1.87. The normalized spacial score (nSPS) is 9.25. The van der Waals surface area contributed by atoms with E-state index in [1.165, 1.54) is 37.8 Å². The molecule has 0 aliphatic carbocycles. The minimum atomic E-state index is 1.25. The van der Waals surface area contributed by atoms with Crippen molar-refractivity contribution in [3.05, 3.63) is 30.3 Å². The van der Waals surface area contributed by atoms with Crippen molar-refractivity contribution in [2.45, 2.75) is 46.0 Å². The molecule has 1 nitrogen and oxygen atoms in total. The molecule has 16 heavy (non-hydrogen) atoms. The molecule has 0 unspecified atom stereocenters. The van der Waals surface area contributed by atoms with Crippen LogP contribution in [-0.4, -0.2) is 14.1 Å². The fourth-order valence-corrected chi connectivity index (χ4v) is 1.40. The Morgan fingerprint density at radius 3 is 1.62 bits per heavy atom. The first-order chi connectivity index (χ1) is 7.72. The maximum Gasteiger partial charge on any atom is 0.0360 e. The molecule has 0 saturated heterocycles. The molecule has 1 heteroatoms. The van der Waals surface area contributed by atoms with Gasteiger partial charge in [-0.3, -0.25) is 0 Å². The summed E-state index contributed by atoms with van der Waals surface area (Å²) in [7, 11) is 4.07. The van der Waals surface area contributed by atoms with Gasteiger partial charge in [-0.15, -0.1) is 0 Å². The van der Waals surface area contributed by atoms with Crippen LogP contribution in [-0.2, 0) is 0 Å². The number of nitrogens with zero attached hydrogens (tertiary/aromatic N) is 1. The van der Waals surface area contributed by atoms with Gasteiger partial charge in [0.2, 0.25) is 0 Å². The van der Waals surface area contributed by atoms with E-state index < -0.39 is 0 Å². The van der Waals surface area contributed by atoms with Crippen LogP contribution in [0, 0.1) is 0 Å². The first-order valence-corrected chi connectivity index (χ1v) is 6.44. The van der Waals surface area contributed by atoms with E-state index in [-0.39, 0.29) is 0 Å². The van der Waals surface area contributed by atoms with Gasteiger partial charge >= 0.3 is 0 Å². The largest absolute Gasteiger partial charge is 0.378 e. The van der Waals surface area contributed by atoms with E-state index in [1.807, 2.05) is 32.3 Å². The molecular formula is C15H27N. The van der Waals surface area contributed by atoms with Crippen molar-refractivity contribution >= 4 is 5.69 Å². The van der Waals surface area contributed by atoms with Gasteiger partial charge in [-0.2, -0.15) is 0 Å². The lowest BCUT2D eigenvalue weighted by Gasteiger charge is -2.10. The second kappa shape index (κ2) is 10.5. The zero-order valence-electron chi connectivity index (χ0n) is 11.4. The van der Waals surface area contributed by atoms with Gasteiger partial charge < -0.3 is 4.90 Å². The Kier molecular flexibility index (Phi) is 9.89. The number of benzene rings is 1. The van der Waals surface area contributed by atoms with E-state index >= 15 is 0 Å². The first kappa shape index (κ1) is 15.0. The summed E-state index contributed by atoms with van der Waals surface area (Å²) in [6, 6.07) is 10.3. The summed E-state index contributed by atoms with van der Waals surface area (Å²) in [6.45, 7) is 4.49. The van der Waals surface area contributed by atoms with E-state index in [0.29, 0.717) is 0 Å². The van der Waals surface area contributed by atoms with Crippen molar-refractivity contribution in [2.75, 3.05) is 19.0 Å². The van der Waals surface area contributed by atoms with Crippen molar-refractivity contribution in [1.82, 2.24) is 0 Å². The number of unbranched alkanes of at least 4 members (excludes halogenated alkanes) is 4. The topological polar surface area (TPSA) is 3.24 Å². The molecule has 1 rings (SSSR count). The fraction of sp³-hybridized carbons (Fsp3) is 0.600. The predicted octanol–water partition coefficient (Wildman–Crippen LogP) is 4.73. The second-order valence-electron chi connectivity index (χ2n) is 4.29. The van der Waals surface area contributed by atoms with Crippen LogP contribution in [0.3, 0.4) is 0 Å². The van der Waals surface area contributed by atoms with Crippen LogP contribution in [0.1, 0.15) is 46.0 Å². The summed E-state index contributed by atoms with van der Waals surface area (Å²) < 4.78 is 0. The number of hydrogen-bond acceptors (Lipinski definition) is 1. The Labute approximate surface area is 101 Å². The van der Waals surface area contributed by atoms with Crippen molar-refractivity contribution in [3.63, 3.8) is 0 Å². The molecule has 0 N–H and O–H groups in total. The molecule has 1 aromatic carbocycles. The Balaban J connectivity index is 0.000000293. The van der Waals surface area contributed by atoms with Crippen LogP contribution < -0.4 is 4.90 Å². The maximum atomic E-state index is 2.25. The minimum Gasteiger partial charge on any atom is -0.378 e. The van der Waals surface area contributed by atoms with E-state index in [4.69, 9.17) is 0 Å². The predicted molar refractivity (Wildman–Crippen MR) is 75.2 cm³/mol. The number of para-hydroxylation sites is 1. The molecule has 0 amide bonds. The maximum absolute atomic E-state index is 2.25. The molecular weight excluding hydrogens is 194 g/mol. The summed E-state index contributed by atoms with van der Waals surface area (Å²) in [5.74, 6) is 0. The second-order valence-corrected chi connectivity index (χ2v) is 4.29. The number of rotatable bonds is 5. The zero-order valence-corrected chi connectivity index (χ0v) is 11.4. The molecule has 0 aliphatic rings. The third-order valence-electron chi connectivity index (χ3n) is 2.48. The Morgan fingerprint density at radius 2 is 1.31 bits per heavy atom. The van der Waals surface area contributed by atoms with Gasteiger partial charge in [-0.1, -0.05) is 64.2 Å². The molecule has 0 fully saturated rings. The van der Waals surface area contributed by atoms with Gasteiger partial charge in [-0.25, -0.2) is 0 Å². The Bertz CT molecular complexity index is 224. The van der Waals surface area contributed by atoms with Gasteiger partial charge in [0.1, 0.15) is 0 Å². The highest BCUT2D eigenvalue weighted by molar-refractivity contribution is 5.43. The number of hydrogen-bond donors (Lipinski definition) is 0. The summed E-state index contributed by atoms with van der Waals surface area (Å²) in [5.41, 5.74) is 1.25. The van der Waals surface area contributed by atoms with Gasteiger partial charge in [0.15, 0.2) is 0 Å². The molecule has 92 valence electrons. The summed E-state index contributed by atoms with van der Waals surface area (Å²) in [4.78, 5) is 2.08. The molecule has 0 heterocycles. The Hall–Kier alpha value is -0.980. The van der Waals surface area contributed by atoms with Crippen LogP contribution in [0.2, 0.25) is 0 Å². The van der Waals surface area contributed by atoms with E-state index in [2.05, 4.69) is 30.9 Å². The average Bonchev–Trinajstić information content (AvgIpc) is 2.32. The lowest BCUT2D eigenvalue weighted by molar-refractivity contribution is 0.656. The van der Waals surface area contributed by atoms with Crippen molar-refractivity contribution in [2.24, 2.45) is 0 Å². The fourth-order valence-electron chi connectivity index (χ4n) is 1.40. The van der Waals surface area contributed by atoms with E-state index in [1.54, 1.807) is 0 Å². The van der Waals surface area contributed by atoms with Crippen molar-refractivity contribution in [3.8, 4) is 0 Å². The molecule has 0 bridgehead atoms. The van der Waals surface area contributed by atoms with Gasteiger partial charge in [-0.05, 0) is 12.1 Å². The lowest BCUT2D eigenvalue weighted by Crippen LogP contribution is -2.07. The standard InChI is InChI=1S/C8H11N.C7H16/c1-9(2)8-6-4-3-5-7-8;1-3-5-7-6-4-2/h3-7H,1-2H3;3-7H2,1-2H3. The van der Waals surface area contributed by atoms with Crippen LogP contribution >= 0.6 is 0 Å². The van der Waals surface area contributed by atoms with E-state index in [9.17, 15) is 0 Å². The molecule has 0 atom stereocenters. The average molecular weight is 221 g/mol. The molecule has 0 spiro atoms. The highest BCUT2D eigenvalue weighted by atomic mass is 15.1. The lowest BCUT2D eigenvalue weighted by atomic mass is 10.2. The molecule has 0 radical (unpaired) electrons. The zero-order chi connectivity index (χ0) is 12.2.